The molecule has 3 heterocycles. The van der Waals surface area contributed by atoms with Gasteiger partial charge in [-0.25, -0.2) is 19.9 Å². The average molecular weight is 817 g/mol. The highest BCUT2D eigenvalue weighted by Crippen LogP contribution is 2.62. The molecule has 0 saturated carbocycles. The molecule has 1 aliphatic heterocycles. The van der Waals surface area contributed by atoms with Crippen molar-refractivity contribution < 1.29 is 4.74 Å². The summed E-state index contributed by atoms with van der Waals surface area (Å²) in [5.74, 6) is 3.61. The van der Waals surface area contributed by atoms with Crippen LogP contribution in [0.1, 0.15) is 22.3 Å². The van der Waals surface area contributed by atoms with E-state index in [0.29, 0.717) is 17.5 Å². The van der Waals surface area contributed by atoms with Crippen LogP contribution in [0.4, 0.5) is 0 Å². The predicted octanol–water partition coefficient (Wildman–Crippen LogP) is 14.4. The molecule has 5 nitrogen and oxygen atoms in total. The number of rotatable bonds is 5. The molecule has 0 amide bonds. The van der Waals surface area contributed by atoms with Crippen LogP contribution >= 0.6 is 0 Å². The second-order valence-electron chi connectivity index (χ2n) is 16.5. The van der Waals surface area contributed by atoms with E-state index < -0.39 is 5.41 Å². The Labute approximate surface area is 370 Å². The van der Waals surface area contributed by atoms with Gasteiger partial charge in [-0.05, 0) is 69.1 Å². The summed E-state index contributed by atoms with van der Waals surface area (Å²) in [6.45, 7) is 0. The summed E-state index contributed by atoms with van der Waals surface area (Å²) in [5.41, 5.74) is 14.6. The van der Waals surface area contributed by atoms with Gasteiger partial charge in [0.25, 0.3) is 0 Å². The van der Waals surface area contributed by atoms with Crippen molar-refractivity contribution in [2.75, 3.05) is 0 Å². The average Bonchev–Trinajstić information content (AvgIpc) is 3.66. The van der Waals surface area contributed by atoms with E-state index in [0.717, 1.165) is 83.4 Å². The van der Waals surface area contributed by atoms with Crippen LogP contribution in [0.15, 0.2) is 218 Å². The smallest absolute Gasteiger partial charge is 0.164 e. The lowest BCUT2D eigenvalue weighted by Crippen LogP contribution is -2.32. The number of fused-ring (bicyclic) bond motifs is 12. The van der Waals surface area contributed by atoms with Gasteiger partial charge in [0.2, 0.25) is 0 Å². The van der Waals surface area contributed by atoms with E-state index in [1.54, 1.807) is 0 Å². The molecule has 298 valence electrons. The van der Waals surface area contributed by atoms with Gasteiger partial charge in [0.1, 0.15) is 11.5 Å². The van der Waals surface area contributed by atoms with Crippen LogP contribution in [0.2, 0.25) is 0 Å². The molecule has 13 rings (SSSR count). The second-order valence-corrected chi connectivity index (χ2v) is 16.5. The van der Waals surface area contributed by atoms with Crippen LogP contribution in [-0.4, -0.2) is 19.9 Å². The number of pyridine rings is 1. The predicted molar refractivity (Wildman–Crippen MR) is 257 cm³/mol. The van der Waals surface area contributed by atoms with Crippen molar-refractivity contribution in [2.45, 2.75) is 5.41 Å². The third-order valence-corrected chi connectivity index (χ3v) is 13.0. The normalized spacial score (nSPS) is 12.9. The van der Waals surface area contributed by atoms with E-state index in [1.165, 1.54) is 22.3 Å². The van der Waals surface area contributed by atoms with Gasteiger partial charge in [-0.2, -0.15) is 0 Å². The van der Waals surface area contributed by atoms with Crippen molar-refractivity contribution in [1.82, 2.24) is 19.9 Å². The summed E-state index contributed by atoms with van der Waals surface area (Å²) in [7, 11) is 0. The van der Waals surface area contributed by atoms with Crippen molar-refractivity contribution in [3.8, 4) is 79.2 Å². The molecule has 0 bridgehead atoms. The summed E-state index contributed by atoms with van der Waals surface area (Å²) >= 11 is 0. The SMILES string of the molecule is c1ccc(-c2nc(-c3ccccc3)nc(-c3ccc(-c4cccc(-c5nc6ccccc6c6cc7c(cc56)Oc5ccccc5C75c6ccccc6-c6ccccc65)c4)cc3)n2)cc1. The topological polar surface area (TPSA) is 60.8 Å². The first-order valence-electron chi connectivity index (χ1n) is 21.6. The molecule has 9 aromatic carbocycles. The zero-order valence-corrected chi connectivity index (χ0v) is 34.5. The number of hydrogen-bond donors (Lipinski definition) is 0. The van der Waals surface area contributed by atoms with Gasteiger partial charge in [-0.1, -0.05) is 188 Å². The lowest BCUT2D eigenvalue weighted by molar-refractivity contribution is 0.437. The highest BCUT2D eigenvalue weighted by molar-refractivity contribution is 6.12. The van der Waals surface area contributed by atoms with Crippen LogP contribution in [0.5, 0.6) is 11.5 Å². The van der Waals surface area contributed by atoms with Crippen LogP contribution in [-0.2, 0) is 5.41 Å². The molecular weight excluding hydrogens is 781 g/mol. The van der Waals surface area contributed by atoms with Gasteiger partial charge in [0, 0.05) is 44.2 Å². The number of aromatic nitrogens is 4. The zero-order chi connectivity index (χ0) is 42.2. The maximum absolute atomic E-state index is 6.97. The largest absolute Gasteiger partial charge is 0.457 e. The quantitative estimate of drug-likeness (QED) is 0.162. The highest BCUT2D eigenvalue weighted by atomic mass is 16.5. The standard InChI is InChI=1S/C59H36N4O/c1-3-16-38(17-4-1)56-61-57(39-18-5-2-6-19-39)63-58(62-56)40-32-30-37(31-33-40)41-20-15-21-42(34-41)55-47-36-54-51(35-46(47)45-24-9-13-28-52(45)60-55)59(50-27-12-14-29-53(50)64-54)48-25-10-7-22-43(48)44-23-8-11-26-49(44)59/h1-36H. The zero-order valence-electron chi connectivity index (χ0n) is 34.5. The Morgan fingerprint density at radius 1 is 0.297 bits per heavy atom. The minimum Gasteiger partial charge on any atom is -0.457 e. The van der Waals surface area contributed by atoms with E-state index in [-0.39, 0.29) is 0 Å². The Balaban J connectivity index is 0.951. The van der Waals surface area contributed by atoms with Crippen LogP contribution in [0.25, 0.3) is 89.4 Å². The Morgan fingerprint density at radius 3 is 1.48 bits per heavy atom. The second kappa shape index (κ2) is 14.3. The van der Waals surface area contributed by atoms with Crippen molar-refractivity contribution >= 4 is 21.7 Å². The molecule has 0 radical (unpaired) electrons. The fourth-order valence-corrected chi connectivity index (χ4v) is 10.1. The van der Waals surface area contributed by atoms with Crippen molar-refractivity contribution in [3.63, 3.8) is 0 Å². The van der Waals surface area contributed by atoms with Gasteiger partial charge < -0.3 is 4.74 Å². The van der Waals surface area contributed by atoms with Crippen LogP contribution in [0, 0.1) is 0 Å². The molecule has 0 fully saturated rings. The maximum Gasteiger partial charge on any atom is 0.164 e. The van der Waals surface area contributed by atoms with Crippen LogP contribution in [0.3, 0.4) is 0 Å². The molecule has 1 spiro atoms. The number of benzene rings is 9. The lowest BCUT2D eigenvalue weighted by Gasteiger charge is -2.39. The summed E-state index contributed by atoms with van der Waals surface area (Å²) in [4.78, 5) is 20.2. The minimum atomic E-state index is -0.560. The fraction of sp³-hybridized carbons (Fsp3) is 0.0169. The van der Waals surface area contributed by atoms with Gasteiger partial charge in [-0.15, -0.1) is 0 Å². The first-order valence-corrected chi connectivity index (χ1v) is 21.6. The Kier molecular flexibility index (Phi) is 8.06. The number of para-hydroxylation sites is 2. The molecule has 0 unspecified atom stereocenters. The third kappa shape index (κ3) is 5.51. The molecule has 0 saturated heterocycles. The van der Waals surface area contributed by atoms with Crippen molar-refractivity contribution in [1.29, 1.82) is 0 Å². The molecule has 11 aromatic rings. The molecule has 1 aliphatic carbocycles. The monoisotopic (exact) mass is 816 g/mol. The van der Waals surface area contributed by atoms with Gasteiger partial charge in [0.05, 0.1) is 16.6 Å². The Morgan fingerprint density at radius 2 is 0.812 bits per heavy atom. The van der Waals surface area contributed by atoms with Gasteiger partial charge in [0.15, 0.2) is 17.5 Å². The van der Waals surface area contributed by atoms with Crippen molar-refractivity contribution in [3.05, 3.63) is 241 Å². The van der Waals surface area contributed by atoms with E-state index in [1.807, 2.05) is 60.7 Å². The van der Waals surface area contributed by atoms with E-state index in [9.17, 15) is 0 Å². The highest BCUT2D eigenvalue weighted by Gasteiger charge is 2.51. The van der Waals surface area contributed by atoms with Gasteiger partial charge in [-0.3, -0.25) is 0 Å². The summed E-state index contributed by atoms with van der Waals surface area (Å²) in [6, 6.07) is 76.7. The fourth-order valence-electron chi connectivity index (χ4n) is 10.1. The third-order valence-electron chi connectivity index (χ3n) is 13.0. The van der Waals surface area contributed by atoms with E-state index >= 15 is 0 Å². The molecule has 0 atom stereocenters. The first kappa shape index (κ1) is 36.1. The van der Waals surface area contributed by atoms with E-state index in [2.05, 4.69) is 158 Å². The molecule has 0 N–H and O–H groups in total. The molecule has 2 aromatic heterocycles. The Bertz CT molecular complexity index is 3540. The molecule has 64 heavy (non-hydrogen) atoms. The summed E-state index contributed by atoms with van der Waals surface area (Å²) in [5, 5.41) is 3.28. The van der Waals surface area contributed by atoms with E-state index in [4.69, 9.17) is 24.7 Å². The summed E-state index contributed by atoms with van der Waals surface area (Å²) < 4.78 is 6.97. The van der Waals surface area contributed by atoms with Crippen LogP contribution < -0.4 is 4.74 Å². The van der Waals surface area contributed by atoms with Gasteiger partial charge >= 0.3 is 0 Å². The lowest BCUT2D eigenvalue weighted by atomic mass is 9.65. The summed E-state index contributed by atoms with van der Waals surface area (Å²) in [6.07, 6.45) is 0. The minimum absolute atomic E-state index is 0.560. The molecular formula is C59H36N4O. The Hall–Kier alpha value is -8.54. The number of hydrogen-bond acceptors (Lipinski definition) is 5. The first-order chi connectivity index (χ1) is 31.7. The number of nitrogens with zero attached hydrogens (tertiary/aromatic N) is 4. The molecule has 5 heteroatoms. The maximum atomic E-state index is 6.97. The molecule has 2 aliphatic rings. The van der Waals surface area contributed by atoms with Crippen molar-refractivity contribution in [2.24, 2.45) is 0 Å². The number of ether oxygens (including phenoxy) is 1.